The maximum atomic E-state index is 13.7. The largest absolute Gasteiger partial charge is 0.378 e. The highest BCUT2D eigenvalue weighted by Crippen LogP contribution is 2.31. The molecule has 0 aliphatic rings. The zero-order valence-corrected chi connectivity index (χ0v) is 13.7. The first-order chi connectivity index (χ1) is 9.02. The molecule has 0 spiro atoms. The van der Waals surface area contributed by atoms with Crippen molar-refractivity contribution in [3.63, 3.8) is 0 Å². The highest BCUT2D eigenvalue weighted by molar-refractivity contribution is 14.1. The predicted molar refractivity (Wildman–Crippen MR) is 83.3 cm³/mol. The van der Waals surface area contributed by atoms with Crippen molar-refractivity contribution in [2.24, 2.45) is 0 Å². The smallest absolute Gasteiger partial charge is 0.183 e. The van der Waals surface area contributed by atoms with Gasteiger partial charge in [-0.05, 0) is 28.7 Å². The Balaban J connectivity index is 2.30. The van der Waals surface area contributed by atoms with Gasteiger partial charge in [0, 0.05) is 14.6 Å². The third-order valence-electron chi connectivity index (χ3n) is 2.25. The fraction of sp³-hybridized carbons (Fsp3) is 0.0909. The van der Waals surface area contributed by atoms with Crippen LogP contribution in [0.1, 0.15) is 10.4 Å². The first kappa shape index (κ1) is 14.8. The van der Waals surface area contributed by atoms with Crippen LogP contribution in [0.3, 0.4) is 0 Å². The average Bonchev–Trinajstić information content (AvgIpc) is 2.78. The van der Waals surface area contributed by atoms with Gasteiger partial charge in [0.15, 0.2) is 10.3 Å². The van der Waals surface area contributed by atoms with Crippen LogP contribution in [-0.4, -0.2) is 4.98 Å². The molecule has 1 aromatic heterocycles. The molecule has 3 nitrogen and oxygen atoms in total. The van der Waals surface area contributed by atoms with Crippen LogP contribution in [0.25, 0.3) is 0 Å². The number of hydrogen-bond donors (Lipinski definition) is 1. The van der Waals surface area contributed by atoms with Gasteiger partial charge in [0.05, 0.1) is 17.3 Å². The molecule has 1 N–H and O–H groups in total. The highest BCUT2D eigenvalue weighted by Gasteiger charge is 2.16. The third kappa shape index (κ3) is 3.28. The summed E-state index contributed by atoms with van der Waals surface area (Å²) in [7, 11) is 0. The van der Waals surface area contributed by atoms with Gasteiger partial charge in [0.1, 0.15) is 11.6 Å². The number of halogens is 4. The van der Waals surface area contributed by atoms with Gasteiger partial charge in [0.25, 0.3) is 0 Å². The van der Waals surface area contributed by atoms with Crippen molar-refractivity contribution in [3.8, 4) is 6.07 Å². The van der Waals surface area contributed by atoms with E-state index >= 15 is 0 Å². The van der Waals surface area contributed by atoms with Crippen molar-refractivity contribution in [1.82, 2.24) is 4.98 Å². The van der Waals surface area contributed by atoms with E-state index in [1.54, 1.807) is 6.20 Å². The van der Waals surface area contributed by atoms with E-state index in [9.17, 15) is 4.39 Å². The minimum Gasteiger partial charge on any atom is -0.378 e. The normalized spacial score (nSPS) is 10.3. The molecule has 98 valence electrons. The lowest BCUT2D eigenvalue weighted by Crippen LogP contribution is -2.04. The van der Waals surface area contributed by atoms with Gasteiger partial charge in [-0.15, -0.1) is 11.3 Å². The number of rotatable bonds is 3. The highest BCUT2D eigenvalue weighted by atomic mass is 127. The predicted octanol–water partition coefficient (Wildman–Crippen LogP) is 4.68. The molecule has 0 saturated heterocycles. The minimum absolute atomic E-state index is 0.0627. The van der Waals surface area contributed by atoms with Crippen LogP contribution in [0.4, 0.5) is 10.1 Å². The van der Waals surface area contributed by atoms with Gasteiger partial charge in [-0.1, -0.05) is 23.2 Å². The van der Waals surface area contributed by atoms with Crippen molar-refractivity contribution < 1.29 is 4.39 Å². The molecule has 0 atom stereocenters. The molecule has 0 aliphatic carbocycles. The number of benzene rings is 1. The van der Waals surface area contributed by atoms with Gasteiger partial charge in [-0.3, -0.25) is 0 Å². The lowest BCUT2D eigenvalue weighted by atomic mass is 10.2. The molecule has 0 amide bonds. The van der Waals surface area contributed by atoms with Crippen molar-refractivity contribution in [2.75, 3.05) is 5.32 Å². The van der Waals surface area contributed by atoms with E-state index in [1.165, 1.54) is 17.4 Å². The molecule has 8 heteroatoms. The standard InChI is InChI=1S/C11H5Cl2FIN3S/c12-7-1-8(15)10(6(2-16)9(7)14)17-3-5-4-18-11(13)19-5/h1,4,17H,3H2. The Bertz CT molecular complexity index is 669. The second-order valence-electron chi connectivity index (χ2n) is 3.45. The Labute approximate surface area is 136 Å². The van der Waals surface area contributed by atoms with Crippen molar-refractivity contribution in [2.45, 2.75) is 6.54 Å². The maximum Gasteiger partial charge on any atom is 0.183 e. The van der Waals surface area contributed by atoms with E-state index in [2.05, 4.69) is 10.3 Å². The lowest BCUT2D eigenvalue weighted by molar-refractivity contribution is 0.624. The number of anilines is 1. The molecule has 0 aliphatic heterocycles. The zero-order valence-electron chi connectivity index (χ0n) is 9.18. The van der Waals surface area contributed by atoms with Gasteiger partial charge in [-0.2, -0.15) is 5.26 Å². The number of aromatic nitrogens is 1. The molecule has 0 bridgehead atoms. The van der Waals surface area contributed by atoms with E-state index in [4.69, 9.17) is 28.5 Å². The van der Waals surface area contributed by atoms with Crippen LogP contribution < -0.4 is 5.32 Å². The van der Waals surface area contributed by atoms with Gasteiger partial charge in [-0.25, -0.2) is 9.37 Å². The summed E-state index contributed by atoms with van der Waals surface area (Å²) in [6.07, 6.45) is 1.63. The van der Waals surface area contributed by atoms with Crippen molar-refractivity contribution in [1.29, 1.82) is 5.26 Å². The van der Waals surface area contributed by atoms with Gasteiger partial charge in [0.2, 0.25) is 0 Å². The summed E-state index contributed by atoms with van der Waals surface area (Å²) in [6.45, 7) is 0.413. The quantitative estimate of drug-likeness (QED) is 0.571. The van der Waals surface area contributed by atoms with E-state index in [0.717, 1.165) is 4.88 Å². The second-order valence-corrected chi connectivity index (χ2v) is 6.72. The number of nitriles is 1. The van der Waals surface area contributed by atoms with Crippen LogP contribution in [0.2, 0.25) is 9.49 Å². The Morgan fingerprint density at radius 1 is 1.53 bits per heavy atom. The van der Waals surface area contributed by atoms with Crippen molar-refractivity contribution >= 4 is 62.8 Å². The SMILES string of the molecule is N#Cc1c(F)c(Cl)cc(I)c1NCc1cnc(Cl)s1. The molecule has 0 saturated carbocycles. The monoisotopic (exact) mass is 427 g/mol. The molecule has 0 fully saturated rings. The average molecular weight is 428 g/mol. The summed E-state index contributed by atoms with van der Waals surface area (Å²) in [5.41, 5.74) is 0.335. The molecule has 19 heavy (non-hydrogen) atoms. The summed E-state index contributed by atoms with van der Waals surface area (Å²) in [4.78, 5) is 4.80. The summed E-state index contributed by atoms with van der Waals surface area (Å²) < 4.78 is 14.9. The molecule has 1 aromatic carbocycles. The van der Waals surface area contributed by atoms with Gasteiger partial charge < -0.3 is 5.32 Å². The lowest BCUT2D eigenvalue weighted by Gasteiger charge is -2.11. The fourth-order valence-corrected chi connectivity index (χ4v) is 3.49. The molecular formula is C11H5Cl2FIN3S. The second kappa shape index (κ2) is 6.22. The molecule has 0 radical (unpaired) electrons. The summed E-state index contributed by atoms with van der Waals surface area (Å²) in [6, 6.07) is 3.29. The minimum atomic E-state index is -0.714. The molecule has 1 heterocycles. The number of hydrogen-bond acceptors (Lipinski definition) is 4. The maximum absolute atomic E-state index is 13.7. The van der Waals surface area contributed by atoms with Crippen LogP contribution >= 0.6 is 57.1 Å². The Morgan fingerprint density at radius 2 is 2.26 bits per heavy atom. The Hall–Kier alpha value is -0.620. The van der Waals surface area contributed by atoms with E-state index in [-0.39, 0.29) is 10.6 Å². The van der Waals surface area contributed by atoms with E-state index < -0.39 is 5.82 Å². The topological polar surface area (TPSA) is 48.7 Å². The van der Waals surface area contributed by atoms with Crippen LogP contribution in [0, 0.1) is 20.7 Å². The summed E-state index contributed by atoms with van der Waals surface area (Å²) >= 11 is 14.7. The molecule has 2 aromatic rings. The first-order valence-electron chi connectivity index (χ1n) is 4.94. The van der Waals surface area contributed by atoms with Crippen LogP contribution in [-0.2, 0) is 6.54 Å². The molecular weight excluding hydrogens is 423 g/mol. The van der Waals surface area contributed by atoms with Crippen LogP contribution in [0.5, 0.6) is 0 Å². The summed E-state index contributed by atoms with van der Waals surface area (Å²) in [5.74, 6) is -0.714. The summed E-state index contributed by atoms with van der Waals surface area (Å²) in [5, 5.41) is 12.0. The first-order valence-corrected chi connectivity index (χ1v) is 7.59. The third-order valence-corrected chi connectivity index (χ3v) is 4.49. The Morgan fingerprint density at radius 3 is 2.84 bits per heavy atom. The fourth-order valence-electron chi connectivity index (χ4n) is 1.41. The van der Waals surface area contributed by atoms with E-state index in [1.807, 2.05) is 28.7 Å². The number of thiazole rings is 1. The number of nitrogens with zero attached hydrogens (tertiary/aromatic N) is 2. The van der Waals surface area contributed by atoms with Crippen LogP contribution in [0.15, 0.2) is 12.3 Å². The van der Waals surface area contributed by atoms with Gasteiger partial charge >= 0.3 is 0 Å². The molecule has 0 unspecified atom stereocenters. The molecule has 2 rings (SSSR count). The van der Waals surface area contributed by atoms with Crippen molar-refractivity contribution in [3.05, 3.63) is 41.6 Å². The number of nitrogens with one attached hydrogen (secondary N) is 1. The van der Waals surface area contributed by atoms with E-state index in [0.29, 0.717) is 20.3 Å². The zero-order chi connectivity index (χ0) is 14.0. The Kier molecular flexibility index (Phi) is 4.84.